The summed E-state index contributed by atoms with van der Waals surface area (Å²) in [6, 6.07) is -0.477. The van der Waals surface area contributed by atoms with Crippen LogP contribution in [0.15, 0.2) is 0 Å². The van der Waals surface area contributed by atoms with Crippen LogP contribution in [-0.4, -0.2) is 52.7 Å². The zero-order valence-corrected chi connectivity index (χ0v) is 7.01. The Balaban J connectivity index is 2.09. The van der Waals surface area contributed by atoms with E-state index >= 15 is 0 Å². The van der Waals surface area contributed by atoms with E-state index < -0.39 is 17.9 Å². The highest BCUT2D eigenvalue weighted by Gasteiger charge is 2.44. The van der Waals surface area contributed by atoms with Gasteiger partial charge < -0.3 is 10.8 Å². The van der Waals surface area contributed by atoms with Gasteiger partial charge >= 0.3 is 5.97 Å². The molecule has 2 fully saturated rings. The number of carbonyl (C=O) groups is 2. The largest absolute Gasteiger partial charge is 0.481 e. The fraction of sp³-hybridized carbons (Fsp3) is 0.714. The van der Waals surface area contributed by atoms with Gasteiger partial charge in [-0.3, -0.25) is 14.6 Å². The highest BCUT2D eigenvalue weighted by molar-refractivity contribution is 5.84. The molecule has 0 radical (unpaired) electrons. The van der Waals surface area contributed by atoms with E-state index in [0.717, 1.165) is 0 Å². The Morgan fingerprint density at radius 1 is 1.46 bits per heavy atom. The second kappa shape index (κ2) is 2.68. The summed E-state index contributed by atoms with van der Waals surface area (Å²) in [5, 5.41) is 11.9. The number of nitrogens with two attached hydrogens (primary N) is 1. The Labute approximate surface area is 74.9 Å². The van der Waals surface area contributed by atoms with Crippen molar-refractivity contribution >= 4 is 11.9 Å². The van der Waals surface area contributed by atoms with E-state index in [2.05, 4.69) is 0 Å². The summed E-state index contributed by atoms with van der Waals surface area (Å²) in [6.45, 7) is 1.11. The normalized spacial score (nSPS) is 33.9. The van der Waals surface area contributed by atoms with Gasteiger partial charge in [-0.1, -0.05) is 0 Å². The molecule has 6 nitrogen and oxygen atoms in total. The van der Waals surface area contributed by atoms with Gasteiger partial charge in [0.25, 0.3) is 5.91 Å². The molecule has 0 aliphatic carbocycles. The molecule has 0 spiro atoms. The summed E-state index contributed by atoms with van der Waals surface area (Å²) in [4.78, 5) is 21.9. The average Bonchev–Trinajstić information content (AvgIpc) is 2.55. The number of carbonyl (C=O) groups excluding carboxylic acids is 1. The number of rotatable bonds is 1. The van der Waals surface area contributed by atoms with Gasteiger partial charge in [-0.25, -0.2) is 5.01 Å². The molecule has 2 unspecified atom stereocenters. The topological polar surface area (TPSA) is 86.9 Å². The maximum Gasteiger partial charge on any atom is 0.309 e. The minimum absolute atomic E-state index is 0.163. The van der Waals surface area contributed by atoms with Crippen LogP contribution in [0.25, 0.3) is 0 Å². The van der Waals surface area contributed by atoms with Crippen molar-refractivity contribution in [2.45, 2.75) is 6.04 Å². The molecule has 2 atom stereocenters. The van der Waals surface area contributed by atoms with Gasteiger partial charge in [0.15, 0.2) is 0 Å². The van der Waals surface area contributed by atoms with Gasteiger partial charge in [-0.05, 0) is 0 Å². The number of aliphatic carboxylic acids is 1. The Kier molecular flexibility index (Phi) is 1.74. The lowest BCUT2D eigenvalue weighted by atomic mass is 10.1. The van der Waals surface area contributed by atoms with Crippen molar-refractivity contribution in [3.05, 3.63) is 0 Å². The predicted molar refractivity (Wildman–Crippen MR) is 42.4 cm³/mol. The predicted octanol–water partition coefficient (Wildman–Crippen LogP) is -1.91. The van der Waals surface area contributed by atoms with E-state index in [1.54, 1.807) is 5.01 Å². The van der Waals surface area contributed by atoms with Crippen LogP contribution in [0.2, 0.25) is 0 Å². The van der Waals surface area contributed by atoms with Crippen LogP contribution in [-0.2, 0) is 9.59 Å². The molecule has 2 aliphatic heterocycles. The first-order valence-corrected chi connectivity index (χ1v) is 4.14. The van der Waals surface area contributed by atoms with Crippen LogP contribution in [0.5, 0.6) is 0 Å². The van der Waals surface area contributed by atoms with Gasteiger partial charge in [-0.15, -0.1) is 0 Å². The van der Waals surface area contributed by atoms with Crippen LogP contribution in [0.1, 0.15) is 0 Å². The molecular weight excluding hydrogens is 174 g/mol. The molecule has 0 aromatic carbocycles. The lowest BCUT2D eigenvalue weighted by Crippen LogP contribution is -2.36. The average molecular weight is 185 g/mol. The minimum Gasteiger partial charge on any atom is -0.481 e. The second-order valence-electron chi connectivity index (χ2n) is 3.43. The smallest absolute Gasteiger partial charge is 0.309 e. The van der Waals surface area contributed by atoms with Gasteiger partial charge in [0.05, 0.1) is 12.5 Å². The minimum atomic E-state index is -0.851. The van der Waals surface area contributed by atoms with Gasteiger partial charge in [0, 0.05) is 13.1 Å². The van der Waals surface area contributed by atoms with Crippen molar-refractivity contribution in [2.24, 2.45) is 11.7 Å². The maximum atomic E-state index is 11.3. The standard InChI is InChI=1S/C7H11N3O3/c8-5-3-9-1-4(7(12)13)2-10(9)6(5)11/h4-5H,1-3,8H2,(H,12,13). The Morgan fingerprint density at radius 2 is 2.15 bits per heavy atom. The van der Waals surface area contributed by atoms with Gasteiger partial charge in [-0.2, -0.15) is 0 Å². The summed E-state index contributed by atoms with van der Waals surface area (Å²) in [5.74, 6) is -1.48. The fourth-order valence-corrected chi connectivity index (χ4v) is 1.79. The molecule has 0 bridgehead atoms. The van der Waals surface area contributed by atoms with Crippen molar-refractivity contribution in [1.82, 2.24) is 10.0 Å². The van der Waals surface area contributed by atoms with Crippen LogP contribution in [0.4, 0.5) is 0 Å². The lowest BCUT2D eigenvalue weighted by molar-refractivity contribution is -0.141. The quantitative estimate of drug-likeness (QED) is 0.497. The number of hydrazine groups is 1. The summed E-state index contributed by atoms with van der Waals surface area (Å²) in [6.07, 6.45) is 0. The first kappa shape index (κ1) is 8.46. The number of carboxylic acids is 1. The maximum absolute atomic E-state index is 11.3. The first-order valence-electron chi connectivity index (χ1n) is 4.14. The Morgan fingerprint density at radius 3 is 2.69 bits per heavy atom. The SMILES string of the molecule is NC1CN2CC(C(=O)O)CN2C1=O. The Bertz CT molecular complexity index is 268. The molecular formula is C7H11N3O3. The Hall–Kier alpha value is -1.14. The van der Waals surface area contributed by atoms with Crippen molar-refractivity contribution < 1.29 is 14.7 Å². The van der Waals surface area contributed by atoms with Crippen molar-refractivity contribution in [2.75, 3.05) is 19.6 Å². The van der Waals surface area contributed by atoms with E-state index in [1.165, 1.54) is 5.01 Å². The number of carboxylic acid groups (broad SMARTS) is 1. The van der Waals surface area contributed by atoms with Crippen LogP contribution >= 0.6 is 0 Å². The molecule has 13 heavy (non-hydrogen) atoms. The third-order valence-corrected chi connectivity index (χ3v) is 2.49. The third-order valence-electron chi connectivity index (χ3n) is 2.49. The van der Waals surface area contributed by atoms with E-state index in [9.17, 15) is 9.59 Å². The summed E-state index contributed by atoms with van der Waals surface area (Å²) >= 11 is 0. The molecule has 0 aromatic rings. The molecule has 2 rings (SSSR count). The first-order chi connectivity index (χ1) is 6.09. The van der Waals surface area contributed by atoms with Crippen molar-refractivity contribution in [3.8, 4) is 0 Å². The zero-order chi connectivity index (χ0) is 9.59. The molecule has 3 N–H and O–H groups in total. The van der Waals surface area contributed by atoms with E-state index in [-0.39, 0.29) is 12.5 Å². The molecule has 2 saturated heterocycles. The van der Waals surface area contributed by atoms with Crippen LogP contribution in [0.3, 0.4) is 0 Å². The highest BCUT2D eigenvalue weighted by Crippen LogP contribution is 2.22. The van der Waals surface area contributed by atoms with Crippen LogP contribution < -0.4 is 5.73 Å². The number of hydrogen-bond donors (Lipinski definition) is 2. The number of hydrogen-bond acceptors (Lipinski definition) is 4. The second-order valence-corrected chi connectivity index (χ2v) is 3.43. The van der Waals surface area contributed by atoms with E-state index in [0.29, 0.717) is 13.1 Å². The molecule has 0 aromatic heterocycles. The summed E-state index contributed by atoms with van der Waals surface area (Å²) in [7, 11) is 0. The summed E-state index contributed by atoms with van der Waals surface area (Å²) < 4.78 is 0. The molecule has 2 heterocycles. The monoisotopic (exact) mass is 185 g/mol. The molecule has 1 amide bonds. The number of fused-ring (bicyclic) bond motifs is 1. The molecule has 6 heteroatoms. The highest BCUT2D eigenvalue weighted by atomic mass is 16.4. The van der Waals surface area contributed by atoms with E-state index in [1.807, 2.05) is 0 Å². The lowest BCUT2D eigenvalue weighted by Gasteiger charge is -2.16. The third kappa shape index (κ3) is 1.18. The van der Waals surface area contributed by atoms with Gasteiger partial charge in [0.1, 0.15) is 6.04 Å². The molecule has 72 valence electrons. The van der Waals surface area contributed by atoms with Crippen molar-refractivity contribution in [1.29, 1.82) is 0 Å². The fourth-order valence-electron chi connectivity index (χ4n) is 1.79. The zero-order valence-electron chi connectivity index (χ0n) is 7.01. The van der Waals surface area contributed by atoms with Crippen molar-refractivity contribution in [3.63, 3.8) is 0 Å². The number of amides is 1. The number of nitrogens with zero attached hydrogens (tertiary/aromatic N) is 2. The molecule has 2 aliphatic rings. The summed E-state index contributed by atoms with van der Waals surface area (Å²) in [5.41, 5.74) is 5.51. The van der Waals surface area contributed by atoms with E-state index in [4.69, 9.17) is 10.8 Å². The van der Waals surface area contributed by atoms with Crippen LogP contribution in [0, 0.1) is 5.92 Å². The van der Waals surface area contributed by atoms with Gasteiger partial charge in [0.2, 0.25) is 0 Å². The molecule has 0 saturated carbocycles.